The van der Waals surface area contributed by atoms with Crippen molar-refractivity contribution in [3.8, 4) is 0 Å². The number of aliphatic imine (C=N–C) groups is 1. The molecule has 20 heavy (non-hydrogen) atoms. The summed E-state index contributed by atoms with van der Waals surface area (Å²) in [5.41, 5.74) is 12.0. The minimum atomic E-state index is -0.817. The van der Waals surface area contributed by atoms with Gasteiger partial charge in [-0.1, -0.05) is 60.7 Å². The van der Waals surface area contributed by atoms with Crippen LogP contribution >= 0.6 is 0 Å². The van der Waals surface area contributed by atoms with E-state index in [9.17, 15) is 4.79 Å². The van der Waals surface area contributed by atoms with Crippen molar-refractivity contribution in [3.63, 3.8) is 0 Å². The third-order valence-corrected chi connectivity index (χ3v) is 2.64. The molecule has 0 saturated heterocycles. The molecule has 0 aromatic heterocycles. The number of benzene rings is 2. The van der Waals surface area contributed by atoms with Gasteiger partial charge in [-0.3, -0.25) is 0 Å². The molecule has 0 unspecified atom stereocenters. The minimum Gasteiger partial charge on any atom is -0.435 e. The summed E-state index contributed by atoms with van der Waals surface area (Å²) in [5, 5.41) is 0. The van der Waals surface area contributed by atoms with Crippen LogP contribution in [-0.2, 0) is 4.74 Å². The summed E-state index contributed by atoms with van der Waals surface area (Å²) < 4.78 is 5.35. The van der Waals surface area contributed by atoms with Crippen molar-refractivity contribution in [2.45, 2.75) is 6.10 Å². The molecule has 0 heterocycles. The summed E-state index contributed by atoms with van der Waals surface area (Å²) in [5.74, 6) is -0.324. The van der Waals surface area contributed by atoms with E-state index in [1.165, 1.54) is 0 Å². The summed E-state index contributed by atoms with van der Waals surface area (Å²) >= 11 is 0. The van der Waals surface area contributed by atoms with Gasteiger partial charge in [0, 0.05) is 0 Å². The van der Waals surface area contributed by atoms with E-state index in [1.54, 1.807) is 0 Å². The van der Waals surface area contributed by atoms with Crippen LogP contribution in [-0.4, -0.2) is 12.1 Å². The van der Waals surface area contributed by atoms with Gasteiger partial charge in [0.15, 0.2) is 12.1 Å². The zero-order chi connectivity index (χ0) is 14.4. The minimum absolute atomic E-state index is 0.324. The van der Waals surface area contributed by atoms with E-state index in [2.05, 4.69) is 4.99 Å². The van der Waals surface area contributed by atoms with Crippen molar-refractivity contribution in [3.05, 3.63) is 71.8 Å². The first kappa shape index (κ1) is 13.6. The van der Waals surface area contributed by atoms with Gasteiger partial charge in [-0.2, -0.15) is 0 Å². The number of hydrogen-bond acceptors (Lipinski definition) is 2. The topological polar surface area (TPSA) is 90.7 Å². The second-order valence-electron chi connectivity index (χ2n) is 4.12. The number of rotatable bonds is 3. The molecule has 0 fully saturated rings. The van der Waals surface area contributed by atoms with Gasteiger partial charge in [0.1, 0.15) is 0 Å². The van der Waals surface area contributed by atoms with Gasteiger partial charge >= 0.3 is 6.09 Å². The average molecular weight is 269 g/mol. The van der Waals surface area contributed by atoms with Crippen LogP contribution in [0.15, 0.2) is 65.7 Å². The first-order valence-electron chi connectivity index (χ1n) is 6.07. The Morgan fingerprint density at radius 2 is 1.35 bits per heavy atom. The molecule has 2 aromatic rings. The fourth-order valence-electron chi connectivity index (χ4n) is 1.82. The number of nitrogens with two attached hydrogens (primary N) is 2. The quantitative estimate of drug-likeness (QED) is 0.660. The Morgan fingerprint density at radius 1 is 0.900 bits per heavy atom. The molecule has 5 heteroatoms. The fourth-order valence-corrected chi connectivity index (χ4v) is 1.82. The van der Waals surface area contributed by atoms with Crippen molar-refractivity contribution >= 4 is 12.1 Å². The zero-order valence-electron chi connectivity index (χ0n) is 10.8. The molecule has 0 saturated carbocycles. The third kappa shape index (κ3) is 3.58. The van der Waals surface area contributed by atoms with Gasteiger partial charge in [-0.15, -0.1) is 4.99 Å². The van der Waals surface area contributed by atoms with E-state index in [0.717, 1.165) is 11.1 Å². The molecule has 1 amide bonds. The number of carbonyl (C=O) groups is 1. The Bertz CT molecular complexity index is 554. The normalized spacial score (nSPS) is 10.1. The van der Waals surface area contributed by atoms with Crippen molar-refractivity contribution in [1.82, 2.24) is 0 Å². The van der Waals surface area contributed by atoms with E-state index in [1.807, 2.05) is 60.7 Å². The van der Waals surface area contributed by atoms with Crippen LogP contribution in [0.25, 0.3) is 0 Å². The Morgan fingerprint density at radius 3 is 1.75 bits per heavy atom. The molecule has 5 nitrogen and oxygen atoms in total. The molecule has 0 atom stereocenters. The lowest BCUT2D eigenvalue weighted by atomic mass is 10.0. The molecular formula is C15H15N3O2. The Balaban J connectivity index is 2.31. The van der Waals surface area contributed by atoms with Crippen LogP contribution < -0.4 is 11.5 Å². The SMILES string of the molecule is NC(N)=NC(=O)OC(c1ccccc1)c1ccccc1. The average Bonchev–Trinajstić information content (AvgIpc) is 2.46. The lowest BCUT2D eigenvalue weighted by Gasteiger charge is -2.17. The van der Waals surface area contributed by atoms with Crippen LogP contribution in [0, 0.1) is 0 Å². The summed E-state index contributed by atoms with van der Waals surface area (Å²) in [7, 11) is 0. The monoisotopic (exact) mass is 269 g/mol. The standard InChI is InChI=1S/C15H15N3O2/c16-14(17)18-15(19)20-13(11-7-3-1-4-8-11)12-9-5-2-6-10-12/h1-10,13H,(H4,16,17,18,19). The second-order valence-corrected chi connectivity index (χ2v) is 4.12. The van der Waals surface area contributed by atoms with Gasteiger partial charge in [0.2, 0.25) is 0 Å². The smallest absolute Gasteiger partial charge is 0.435 e. The highest BCUT2D eigenvalue weighted by atomic mass is 16.6. The molecule has 0 spiro atoms. The summed E-state index contributed by atoms with van der Waals surface area (Å²) in [4.78, 5) is 15.0. The fraction of sp³-hybridized carbons (Fsp3) is 0.0667. The number of guanidine groups is 1. The molecule has 0 radical (unpaired) electrons. The largest absolute Gasteiger partial charge is 0.437 e. The maximum Gasteiger partial charge on any atom is 0.437 e. The van der Waals surface area contributed by atoms with Crippen LogP contribution in [0.2, 0.25) is 0 Å². The molecule has 0 aliphatic carbocycles. The second kappa shape index (κ2) is 6.38. The highest BCUT2D eigenvalue weighted by Crippen LogP contribution is 2.26. The van der Waals surface area contributed by atoms with Crippen molar-refractivity contribution in [1.29, 1.82) is 0 Å². The van der Waals surface area contributed by atoms with E-state index in [0.29, 0.717) is 0 Å². The molecule has 4 N–H and O–H groups in total. The van der Waals surface area contributed by atoms with E-state index >= 15 is 0 Å². The van der Waals surface area contributed by atoms with Gasteiger partial charge in [0.05, 0.1) is 0 Å². The predicted molar refractivity (Wildman–Crippen MR) is 77.0 cm³/mol. The number of nitrogens with zero attached hydrogens (tertiary/aromatic N) is 1. The van der Waals surface area contributed by atoms with Crippen LogP contribution in [0.5, 0.6) is 0 Å². The maximum absolute atomic E-state index is 11.6. The van der Waals surface area contributed by atoms with E-state index in [-0.39, 0.29) is 5.96 Å². The summed E-state index contributed by atoms with van der Waals surface area (Å²) in [6, 6.07) is 18.8. The van der Waals surface area contributed by atoms with Gasteiger partial charge in [-0.05, 0) is 11.1 Å². The molecule has 102 valence electrons. The third-order valence-electron chi connectivity index (χ3n) is 2.64. The lowest BCUT2D eigenvalue weighted by molar-refractivity contribution is 0.127. The van der Waals surface area contributed by atoms with Crippen LogP contribution in [0.3, 0.4) is 0 Å². The van der Waals surface area contributed by atoms with Gasteiger partial charge in [0.25, 0.3) is 0 Å². The zero-order valence-corrected chi connectivity index (χ0v) is 10.8. The summed E-state index contributed by atoms with van der Waals surface area (Å²) in [6.07, 6.45) is -1.37. The highest BCUT2D eigenvalue weighted by molar-refractivity contribution is 5.88. The molecule has 0 aliphatic heterocycles. The number of hydrogen-bond donors (Lipinski definition) is 2. The Hall–Kier alpha value is -2.82. The van der Waals surface area contributed by atoms with Crippen LogP contribution in [0.4, 0.5) is 4.79 Å². The van der Waals surface area contributed by atoms with Crippen molar-refractivity contribution in [2.24, 2.45) is 16.5 Å². The first-order chi connectivity index (χ1) is 9.66. The highest BCUT2D eigenvalue weighted by Gasteiger charge is 2.18. The number of ether oxygens (including phenoxy) is 1. The van der Waals surface area contributed by atoms with E-state index < -0.39 is 12.2 Å². The van der Waals surface area contributed by atoms with Gasteiger partial charge in [-0.25, -0.2) is 4.79 Å². The Kier molecular flexibility index (Phi) is 4.34. The predicted octanol–water partition coefficient (Wildman–Crippen LogP) is 2.19. The number of carbonyl (C=O) groups excluding carboxylic acids is 1. The molecule has 2 aromatic carbocycles. The van der Waals surface area contributed by atoms with Crippen LogP contribution in [0.1, 0.15) is 17.2 Å². The molecular weight excluding hydrogens is 254 g/mol. The van der Waals surface area contributed by atoms with E-state index in [4.69, 9.17) is 16.2 Å². The van der Waals surface area contributed by atoms with Crippen molar-refractivity contribution < 1.29 is 9.53 Å². The van der Waals surface area contributed by atoms with Crippen molar-refractivity contribution in [2.75, 3.05) is 0 Å². The Labute approximate surface area is 116 Å². The van der Waals surface area contributed by atoms with Gasteiger partial charge < -0.3 is 16.2 Å². The number of amides is 1. The lowest BCUT2D eigenvalue weighted by Crippen LogP contribution is -2.25. The summed E-state index contributed by atoms with van der Waals surface area (Å²) in [6.45, 7) is 0. The maximum atomic E-state index is 11.6. The first-order valence-corrected chi connectivity index (χ1v) is 6.07. The molecule has 2 rings (SSSR count). The molecule has 0 aliphatic rings. The molecule has 0 bridgehead atoms.